The van der Waals surface area contributed by atoms with Gasteiger partial charge in [-0.25, -0.2) is 18.4 Å². The lowest BCUT2D eigenvalue weighted by molar-refractivity contribution is 0.284. The second-order valence-electron chi connectivity index (χ2n) is 8.27. The van der Waals surface area contributed by atoms with E-state index in [1.165, 1.54) is 18.8 Å². The van der Waals surface area contributed by atoms with Crippen molar-refractivity contribution in [1.82, 2.24) is 24.7 Å². The van der Waals surface area contributed by atoms with E-state index in [1.807, 2.05) is 6.92 Å². The minimum Gasteiger partial charge on any atom is -0.494 e. The van der Waals surface area contributed by atoms with E-state index in [0.717, 1.165) is 5.56 Å². The number of aromatic nitrogens is 5. The molecule has 0 unspecified atom stereocenters. The van der Waals surface area contributed by atoms with Crippen molar-refractivity contribution >= 4 is 16.0 Å². The van der Waals surface area contributed by atoms with Gasteiger partial charge in [0.2, 0.25) is 21.8 Å². The molecule has 196 valence electrons. The number of para-hydroxylation sites is 1. The van der Waals surface area contributed by atoms with Gasteiger partial charge in [0.05, 0.1) is 19.5 Å². The maximum atomic E-state index is 13.6. The number of anilines is 1. The minimum absolute atomic E-state index is 0.00742. The van der Waals surface area contributed by atoms with E-state index in [-0.39, 0.29) is 31.2 Å². The Kier molecular flexibility index (Phi) is 7.74. The van der Waals surface area contributed by atoms with E-state index in [4.69, 9.17) is 13.9 Å². The summed E-state index contributed by atoms with van der Waals surface area (Å²) in [7, 11) is -1.13. The first-order chi connectivity index (χ1) is 17.8. The highest BCUT2D eigenvalue weighted by atomic mass is 32.2. The summed E-state index contributed by atoms with van der Waals surface area (Å²) in [6.45, 7) is 3.27. The van der Waals surface area contributed by atoms with Crippen LogP contribution < -0.4 is 14.2 Å². The third-order valence-corrected chi connectivity index (χ3v) is 7.36. The van der Waals surface area contributed by atoms with E-state index >= 15 is 0 Å². The largest absolute Gasteiger partial charge is 0.494 e. The number of methoxy groups -OCH3 is 2. The van der Waals surface area contributed by atoms with Gasteiger partial charge in [-0.1, -0.05) is 6.07 Å². The number of aliphatic hydroxyl groups is 1. The molecule has 0 fully saturated rings. The molecule has 4 aromatic rings. The number of benzene rings is 1. The number of rotatable bonds is 11. The predicted octanol–water partition coefficient (Wildman–Crippen LogP) is 2.69. The molecule has 2 N–H and O–H groups in total. The van der Waals surface area contributed by atoms with Crippen LogP contribution in [0.15, 0.2) is 47.1 Å². The van der Waals surface area contributed by atoms with Crippen molar-refractivity contribution in [1.29, 1.82) is 0 Å². The number of nitrogens with zero attached hydrogens (tertiary/aromatic N) is 5. The van der Waals surface area contributed by atoms with Crippen molar-refractivity contribution in [2.24, 2.45) is 0 Å². The lowest BCUT2D eigenvalue weighted by Gasteiger charge is -2.19. The molecule has 0 saturated carbocycles. The van der Waals surface area contributed by atoms with Gasteiger partial charge in [0.25, 0.3) is 0 Å². The van der Waals surface area contributed by atoms with Crippen LogP contribution in [-0.4, -0.2) is 64.3 Å². The molecule has 0 aliphatic heterocycles. The zero-order chi connectivity index (χ0) is 26.6. The zero-order valence-corrected chi connectivity index (χ0v) is 21.7. The van der Waals surface area contributed by atoms with Crippen LogP contribution in [0.3, 0.4) is 0 Å². The van der Waals surface area contributed by atoms with Gasteiger partial charge in [0, 0.05) is 25.4 Å². The molecule has 1 aromatic carbocycles. The molecule has 12 nitrogen and oxygen atoms in total. The third kappa shape index (κ3) is 5.57. The predicted molar refractivity (Wildman–Crippen MR) is 135 cm³/mol. The van der Waals surface area contributed by atoms with Gasteiger partial charge in [-0.2, -0.15) is 0 Å². The molecule has 0 radical (unpaired) electrons. The first-order valence-corrected chi connectivity index (χ1v) is 13.0. The second-order valence-corrected chi connectivity index (χ2v) is 10.2. The monoisotopic (exact) mass is 528 g/mol. The summed E-state index contributed by atoms with van der Waals surface area (Å²) < 4.78 is 48.0. The van der Waals surface area contributed by atoms with E-state index < -0.39 is 15.3 Å². The van der Waals surface area contributed by atoms with E-state index in [1.54, 1.807) is 49.6 Å². The van der Waals surface area contributed by atoms with Crippen molar-refractivity contribution in [2.45, 2.75) is 31.9 Å². The molecule has 0 amide bonds. The van der Waals surface area contributed by atoms with Crippen LogP contribution in [0.5, 0.6) is 11.5 Å². The molecule has 0 aliphatic carbocycles. The molecule has 3 aromatic heterocycles. The molecular weight excluding hydrogens is 500 g/mol. The van der Waals surface area contributed by atoms with Gasteiger partial charge in [-0.3, -0.25) is 9.29 Å². The summed E-state index contributed by atoms with van der Waals surface area (Å²) in [5.41, 5.74) is 1.22. The molecule has 0 saturated heterocycles. The number of hydrogen-bond donors (Lipinski definition) is 2. The standard InChI is InChI=1S/C24H28N6O6S/c1-15-13-25-21(26-14-15)12-17(10-11-31)37(32,33)29-24-28-27-23(20-9-8-16(2)36-20)30(24)22-18(34-3)6-5-7-19(22)35-4/h5-9,13-14,17,31H,10-12H2,1-4H3,(H,28,29)/t17-/m1/s1. The summed E-state index contributed by atoms with van der Waals surface area (Å²) in [5, 5.41) is 16.9. The third-order valence-electron chi connectivity index (χ3n) is 5.62. The quantitative estimate of drug-likeness (QED) is 0.297. The summed E-state index contributed by atoms with van der Waals surface area (Å²) in [6.07, 6.45) is 3.18. The van der Waals surface area contributed by atoms with Gasteiger partial charge in [0.15, 0.2) is 5.76 Å². The first-order valence-electron chi connectivity index (χ1n) is 11.4. The summed E-state index contributed by atoms with van der Waals surface area (Å²) >= 11 is 0. The Morgan fingerprint density at radius 1 is 1.05 bits per heavy atom. The molecule has 1 atom stereocenters. The van der Waals surface area contributed by atoms with Crippen molar-refractivity contribution < 1.29 is 27.4 Å². The molecule has 3 heterocycles. The number of nitrogens with one attached hydrogen (secondary N) is 1. The van der Waals surface area contributed by atoms with Crippen LogP contribution in [0.4, 0.5) is 5.95 Å². The molecule has 37 heavy (non-hydrogen) atoms. The molecule has 0 bridgehead atoms. The van der Waals surface area contributed by atoms with Gasteiger partial charge in [-0.15, -0.1) is 10.2 Å². The Hall–Kier alpha value is -3.97. The van der Waals surface area contributed by atoms with Crippen LogP contribution in [0.25, 0.3) is 17.3 Å². The smallest absolute Gasteiger partial charge is 0.243 e. The normalized spacial score (nSPS) is 12.4. The van der Waals surface area contributed by atoms with E-state index in [9.17, 15) is 13.5 Å². The van der Waals surface area contributed by atoms with Crippen LogP contribution in [0.2, 0.25) is 0 Å². The fourth-order valence-corrected chi connectivity index (χ4v) is 5.12. The van der Waals surface area contributed by atoms with Gasteiger partial charge >= 0.3 is 0 Å². The van der Waals surface area contributed by atoms with Crippen LogP contribution in [-0.2, 0) is 16.4 Å². The van der Waals surface area contributed by atoms with Crippen LogP contribution in [0.1, 0.15) is 23.6 Å². The fourth-order valence-electron chi connectivity index (χ4n) is 3.78. The zero-order valence-electron chi connectivity index (χ0n) is 20.9. The lowest BCUT2D eigenvalue weighted by Crippen LogP contribution is -2.32. The van der Waals surface area contributed by atoms with E-state index in [2.05, 4.69) is 24.9 Å². The summed E-state index contributed by atoms with van der Waals surface area (Å²) in [4.78, 5) is 8.43. The average Bonchev–Trinajstić information content (AvgIpc) is 3.49. The van der Waals surface area contributed by atoms with Crippen molar-refractivity contribution in [3.8, 4) is 28.8 Å². The Morgan fingerprint density at radius 2 is 1.73 bits per heavy atom. The number of aliphatic hydroxyl groups excluding tert-OH is 1. The minimum atomic E-state index is -4.10. The first kappa shape index (κ1) is 26.1. The molecular formula is C24H28N6O6S. The van der Waals surface area contributed by atoms with Crippen molar-refractivity contribution in [2.75, 3.05) is 25.5 Å². The van der Waals surface area contributed by atoms with Gasteiger partial charge in [-0.05, 0) is 50.1 Å². The highest BCUT2D eigenvalue weighted by Crippen LogP contribution is 2.38. The number of aryl methyl sites for hydroxylation is 2. The Bertz CT molecular complexity index is 1440. The number of furan rings is 1. The maximum Gasteiger partial charge on any atom is 0.243 e. The maximum absolute atomic E-state index is 13.6. The number of ether oxygens (including phenoxy) is 2. The Labute approximate surface area is 214 Å². The summed E-state index contributed by atoms with van der Waals surface area (Å²) in [5.74, 6) is 2.25. The highest BCUT2D eigenvalue weighted by molar-refractivity contribution is 7.93. The van der Waals surface area contributed by atoms with Gasteiger partial charge in [0.1, 0.15) is 28.8 Å². The topological polar surface area (TPSA) is 154 Å². The second kappa shape index (κ2) is 11.0. The number of hydrogen-bond acceptors (Lipinski definition) is 10. The average molecular weight is 529 g/mol. The molecule has 0 spiro atoms. The van der Waals surface area contributed by atoms with Crippen LogP contribution in [0, 0.1) is 13.8 Å². The molecule has 4 rings (SSSR count). The highest BCUT2D eigenvalue weighted by Gasteiger charge is 2.31. The van der Waals surface area contributed by atoms with Crippen LogP contribution >= 0.6 is 0 Å². The van der Waals surface area contributed by atoms with Crippen molar-refractivity contribution in [3.05, 3.63) is 59.9 Å². The number of sulfonamides is 1. The van der Waals surface area contributed by atoms with Crippen molar-refractivity contribution in [3.63, 3.8) is 0 Å². The van der Waals surface area contributed by atoms with Gasteiger partial charge < -0.3 is 19.0 Å². The Morgan fingerprint density at radius 3 is 2.30 bits per heavy atom. The molecule has 0 aliphatic rings. The fraction of sp³-hybridized carbons (Fsp3) is 0.333. The SMILES string of the molecule is COc1cccc(OC)c1-n1c(NS(=O)(=O)[C@H](CCO)Cc2ncc(C)cn2)nnc1-c1ccc(C)o1. The Balaban J connectivity index is 1.81. The summed E-state index contributed by atoms with van der Waals surface area (Å²) in [6, 6.07) is 8.62. The van der Waals surface area contributed by atoms with E-state index in [0.29, 0.717) is 34.5 Å². The molecule has 13 heteroatoms. The lowest BCUT2D eigenvalue weighted by atomic mass is 10.2.